The average molecular weight is 2190 g/mol. The van der Waals surface area contributed by atoms with Crippen molar-refractivity contribution in [2.45, 2.75) is 253 Å². The van der Waals surface area contributed by atoms with E-state index < -0.39 is 36.0 Å². The van der Waals surface area contributed by atoms with E-state index in [-0.39, 0.29) is 12.6 Å². The average Bonchev–Trinajstić information content (AvgIpc) is 1.60. The van der Waals surface area contributed by atoms with Gasteiger partial charge in [-0.05, 0) is 221 Å². The molecule has 2 aromatic carbocycles. The quantitative estimate of drug-likeness (QED) is 0.0477. The van der Waals surface area contributed by atoms with Crippen molar-refractivity contribution in [2.24, 2.45) is 7.05 Å². The van der Waals surface area contributed by atoms with Crippen molar-refractivity contribution < 1.29 is 47.3 Å². The van der Waals surface area contributed by atoms with Crippen LogP contribution in [0.25, 0.3) is 144 Å². The lowest BCUT2D eigenvalue weighted by Gasteiger charge is -2.30. The minimum atomic E-state index is -3.03. The summed E-state index contributed by atoms with van der Waals surface area (Å²) < 4.78 is 135. The summed E-state index contributed by atoms with van der Waals surface area (Å²) in [7, 11) is 1.82. The summed E-state index contributed by atoms with van der Waals surface area (Å²) in [5.74, 6) is 3.74. The van der Waals surface area contributed by atoms with Crippen LogP contribution < -0.4 is 0 Å². The van der Waals surface area contributed by atoms with E-state index >= 15 is 17.6 Å². The zero-order chi connectivity index (χ0) is 103. The van der Waals surface area contributed by atoms with Crippen LogP contribution in [0, 0.1) is 76.4 Å². The molecule has 0 spiro atoms. The van der Waals surface area contributed by atoms with E-state index in [1.54, 1.807) is 70.7 Å². The molecule has 0 aliphatic heterocycles. The minimum Gasteiger partial charge on any atom is -0.361 e. The Morgan fingerprint density at radius 1 is 0.379 bits per heavy atom. The first kappa shape index (κ1) is 96.5. The van der Waals surface area contributed by atoms with Gasteiger partial charge in [-0.25, -0.2) is 26.6 Å². The van der Waals surface area contributed by atoms with E-state index in [1.807, 2.05) is 153 Å². The van der Waals surface area contributed by atoms with Gasteiger partial charge < -0.3 is 45.5 Å². The number of nitrogens with zero attached hydrogens (tertiary/aromatic N) is 21. The van der Waals surface area contributed by atoms with Crippen LogP contribution in [-0.4, -0.2) is 127 Å². The number of pyridine rings is 5. The lowest BCUT2D eigenvalue weighted by Crippen LogP contribution is -2.31. The van der Waals surface area contributed by atoms with Gasteiger partial charge >= 0.3 is 0 Å². The van der Waals surface area contributed by atoms with E-state index in [2.05, 4.69) is 173 Å². The fraction of sp³-hybridized carbons (Fsp3) is 0.366. The molecule has 3 atom stereocenters. The van der Waals surface area contributed by atoms with Gasteiger partial charge in [0.2, 0.25) is 0 Å². The Labute approximate surface area is 866 Å². The maximum absolute atomic E-state index is 15.7. The highest BCUT2D eigenvalue weighted by Crippen LogP contribution is 2.46. The van der Waals surface area contributed by atoms with Gasteiger partial charge in [-0.1, -0.05) is 144 Å². The second-order valence-electron chi connectivity index (χ2n) is 39.5. The Balaban J connectivity index is 0.000000112. The molecule has 748 valence electrons. The van der Waals surface area contributed by atoms with Gasteiger partial charge in [-0.2, -0.15) is 15.3 Å². The summed E-state index contributed by atoms with van der Waals surface area (Å²) >= 11 is 4.64. The molecule has 4 aliphatic rings. The maximum atomic E-state index is 15.7. The van der Waals surface area contributed by atoms with Gasteiger partial charge in [-0.3, -0.25) is 34.3 Å². The zero-order valence-corrected chi connectivity index (χ0v) is 87.7. The second kappa shape index (κ2) is 41.3. The SMILES string of the molecule is Cc1noc(C)c1-c1cnc2c(-c3cnn(C(C)F)c3)cn(CC3(F)CCCCC3)c2c1.Cc1noc(C)c1-c1cnc2c(-c3cnn(C4CC4)c3)cn(CC3(F)CCCCC3)c2c1.Cc1noc(C)c1-c1cnc2c(I)cn(C(C)c3ccccc3)c2c1.Cc1noc(C)c1-c1cnc2c(I)cn(CC3(F)CCCCC3)c2c1.[2H]C([2H])(F)C(c1ccccc1)n1cc(-c2cnn(C)c2)c2ncc(-c3c(C)noc3C)cc21. The van der Waals surface area contributed by atoms with Crippen LogP contribution >= 0.6 is 45.2 Å². The van der Waals surface area contributed by atoms with Crippen molar-refractivity contribution in [3.8, 4) is 89.0 Å². The smallest absolute Gasteiger partial charge is 0.188 e. The molecule has 20 aromatic rings. The van der Waals surface area contributed by atoms with Crippen LogP contribution in [0.1, 0.15) is 219 Å². The van der Waals surface area contributed by atoms with Crippen molar-refractivity contribution in [3.63, 3.8) is 0 Å². The first-order valence-electron chi connectivity index (χ1n) is 50.6. The molecule has 145 heavy (non-hydrogen) atoms. The predicted octanol–water partition coefficient (Wildman–Crippen LogP) is 28.9. The monoisotopic (exact) mass is 2190 g/mol. The molecule has 4 fully saturated rings. The van der Waals surface area contributed by atoms with E-state index in [0.717, 1.165) is 250 Å². The second-order valence-corrected chi connectivity index (χ2v) is 41.8. The lowest BCUT2D eigenvalue weighted by atomic mass is 9.86. The number of hydrogen-bond donors (Lipinski definition) is 0. The Kier molecular flexibility index (Phi) is 27.5. The molecular formula is C112H116F5I2N21O5. The zero-order valence-electron chi connectivity index (χ0n) is 85.4. The maximum Gasteiger partial charge on any atom is 0.188 e. The van der Waals surface area contributed by atoms with Crippen molar-refractivity contribution in [3.05, 3.63) is 266 Å². The molecule has 0 N–H and O–H groups in total. The van der Waals surface area contributed by atoms with Crippen molar-refractivity contribution in [1.29, 1.82) is 0 Å². The van der Waals surface area contributed by atoms with Crippen molar-refractivity contribution in [2.75, 3.05) is 6.63 Å². The number of rotatable bonds is 21. The summed E-state index contributed by atoms with van der Waals surface area (Å²) in [5.41, 5.74) is 25.5. The highest BCUT2D eigenvalue weighted by atomic mass is 127. The largest absolute Gasteiger partial charge is 0.361 e. The molecule has 3 unspecified atom stereocenters. The topological polar surface area (TPSA) is 273 Å². The summed E-state index contributed by atoms with van der Waals surface area (Å²) in [6, 6.07) is 29.2. The Hall–Kier alpha value is -13.3. The van der Waals surface area contributed by atoms with E-state index in [4.69, 9.17) is 45.3 Å². The number of benzene rings is 2. The molecule has 0 bridgehead atoms. The number of halogens is 7. The number of hydrogen-bond acceptors (Lipinski definition) is 18. The molecule has 24 rings (SSSR count). The fourth-order valence-corrected chi connectivity index (χ4v) is 22.9. The molecular weight excluding hydrogens is 2070 g/mol. The number of alkyl halides is 5. The minimum absolute atomic E-state index is 0.230. The van der Waals surface area contributed by atoms with E-state index in [1.165, 1.54) is 30.0 Å². The van der Waals surface area contributed by atoms with Gasteiger partial charge in [0.05, 0.1) is 139 Å². The third-order valence-electron chi connectivity index (χ3n) is 28.9. The highest BCUT2D eigenvalue weighted by Gasteiger charge is 2.38. The molecule has 4 saturated carbocycles. The first-order chi connectivity index (χ1) is 70.6. The third kappa shape index (κ3) is 20.4. The normalized spacial score (nSPS) is 16.0. The van der Waals surface area contributed by atoms with Crippen LogP contribution in [0.3, 0.4) is 0 Å². The summed E-state index contributed by atoms with van der Waals surface area (Å²) in [5, 5.41) is 33.2. The van der Waals surface area contributed by atoms with E-state index in [0.29, 0.717) is 80.0 Å². The number of aromatic nitrogens is 21. The summed E-state index contributed by atoms with van der Waals surface area (Å²) in [4.78, 5) is 23.7. The van der Waals surface area contributed by atoms with Crippen LogP contribution in [0.4, 0.5) is 22.0 Å². The van der Waals surface area contributed by atoms with Crippen LogP contribution in [0.5, 0.6) is 0 Å². The molecule has 26 nitrogen and oxygen atoms in total. The number of aryl methyl sites for hydroxylation is 11. The molecule has 0 saturated heterocycles. The van der Waals surface area contributed by atoms with Gasteiger partial charge in [0, 0.05) is 177 Å². The molecule has 0 radical (unpaired) electrons. The lowest BCUT2D eigenvalue weighted by molar-refractivity contribution is 0.0869. The van der Waals surface area contributed by atoms with E-state index in [9.17, 15) is 4.39 Å². The Bertz CT molecular complexity index is 7870. The predicted molar refractivity (Wildman–Crippen MR) is 569 cm³/mol. The first-order valence-corrected chi connectivity index (χ1v) is 51.8. The van der Waals surface area contributed by atoms with Gasteiger partial charge in [0.25, 0.3) is 0 Å². The fourth-order valence-electron chi connectivity index (χ4n) is 21.4. The van der Waals surface area contributed by atoms with Crippen LogP contribution in [-0.2, 0) is 26.7 Å². The molecule has 18 heterocycles. The van der Waals surface area contributed by atoms with Gasteiger partial charge in [0.15, 0.2) is 6.30 Å². The molecule has 33 heteroatoms. The third-order valence-corrected chi connectivity index (χ3v) is 30.5. The molecule has 0 amide bonds. The van der Waals surface area contributed by atoms with Crippen molar-refractivity contribution >= 4 is 100 Å². The standard InChI is InChI=1S/C25H28FN5O.C24H27F2N5O.C24H22FN5O.C20H18IN3O.C19H21FIN3O/c1-16-23(17(2)32-29-16)18-10-22-24(27-11-18)21(19-12-28-31(13-19)20-6-7-20)14-30(22)15-25(26)8-4-3-5-9-25;1-15-22(16(2)32-29-15)18-9-21-23(27-10-18)20(19-11-28-31(12-19)17(3)25)13-30(21)14-24(26)7-5-4-6-8-24;1-15-23(16(2)31-28-15)18-9-21-24(26-11-18)20(19-12-27-29(3)13-19)14-30(21)22(10-25)17-7-5-4-6-8-17;1-12-19(14(3)25-23-12)16-9-18-20(22-10-16)17(21)11-24(18)13(2)15-7-5-4-6-8-15;1-12-17(13(2)25-23-12)14-8-16-18(22-9-14)15(21)10-24(16)11-19(20)6-4-3-5-7-19/h10-14,20H,3-9,15H2,1-2H3;9-13,17H,4-8,14H2,1-3H3;4-9,11-14,22H,10H2,1-3H3;4-11,13H,1-3H3;8-10H,3-7,11H2,1-2H3/i;;10D2;;. The van der Waals surface area contributed by atoms with Gasteiger partial charge in [0.1, 0.15) is 63.5 Å². The molecule has 4 aliphatic carbocycles. The Morgan fingerprint density at radius 2 is 0.717 bits per heavy atom. The van der Waals surface area contributed by atoms with Crippen LogP contribution in [0.2, 0.25) is 0 Å². The number of fused-ring (bicyclic) bond motifs is 5. The van der Waals surface area contributed by atoms with Crippen LogP contribution in [0.15, 0.2) is 213 Å². The summed E-state index contributed by atoms with van der Waals surface area (Å²) in [6.07, 6.45) is 43.9. The summed E-state index contributed by atoms with van der Waals surface area (Å²) in [6.45, 7) is 20.7. The van der Waals surface area contributed by atoms with Gasteiger partial charge in [-0.15, -0.1) is 0 Å². The molecule has 18 aromatic heterocycles. The Morgan fingerprint density at radius 3 is 1.10 bits per heavy atom. The highest BCUT2D eigenvalue weighted by molar-refractivity contribution is 14.1. The van der Waals surface area contributed by atoms with Crippen molar-refractivity contribution in [1.82, 2.24) is 103 Å².